The smallest absolute Gasteiger partial charge is 0.0351 e. The zero-order valence-corrected chi connectivity index (χ0v) is 13.4. The van der Waals surface area contributed by atoms with Gasteiger partial charge in [-0.1, -0.05) is 49.9 Å². The van der Waals surface area contributed by atoms with E-state index in [1.54, 1.807) is 5.56 Å². The van der Waals surface area contributed by atoms with Crippen LogP contribution in [0.1, 0.15) is 55.3 Å². The third-order valence-corrected chi connectivity index (χ3v) is 4.46. The van der Waals surface area contributed by atoms with Crippen LogP contribution in [0.4, 0.5) is 0 Å². The second-order valence-electron chi connectivity index (χ2n) is 6.16. The van der Waals surface area contributed by atoms with Crippen LogP contribution in [0.5, 0.6) is 0 Å². The van der Waals surface area contributed by atoms with E-state index >= 15 is 0 Å². The third kappa shape index (κ3) is 4.07. The number of nitrogens with zero attached hydrogens (tertiary/aromatic N) is 1. The van der Waals surface area contributed by atoms with Gasteiger partial charge in [-0.25, -0.2) is 0 Å². The maximum atomic E-state index is 3.47. The standard InChI is InChI=1S/C18H30N2/c1-4-5-6-7-18(20-12-10-19-11-13-20)17-9-8-15(2)14-16(17)3/h8-9,14,18-19H,4-7,10-13H2,1-3H3/t18-/m1/s1. The van der Waals surface area contributed by atoms with Crippen molar-refractivity contribution < 1.29 is 0 Å². The van der Waals surface area contributed by atoms with Gasteiger partial charge in [0, 0.05) is 32.2 Å². The van der Waals surface area contributed by atoms with Gasteiger partial charge >= 0.3 is 0 Å². The van der Waals surface area contributed by atoms with E-state index in [1.165, 1.54) is 49.9 Å². The number of nitrogens with one attached hydrogen (secondary N) is 1. The molecule has 1 aliphatic rings. The van der Waals surface area contributed by atoms with Crippen molar-refractivity contribution in [3.63, 3.8) is 0 Å². The number of rotatable bonds is 6. The van der Waals surface area contributed by atoms with Gasteiger partial charge in [0.1, 0.15) is 0 Å². The molecule has 0 amide bonds. The van der Waals surface area contributed by atoms with E-state index in [4.69, 9.17) is 0 Å². The first-order valence-corrected chi connectivity index (χ1v) is 8.24. The first-order chi connectivity index (χ1) is 9.72. The molecule has 20 heavy (non-hydrogen) atoms. The summed E-state index contributed by atoms with van der Waals surface area (Å²) in [6.07, 6.45) is 5.31. The highest BCUT2D eigenvalue weighted by molar-refractivity contribution is 5.33. The number of hydrogen-bond donors (Lipinski definition) is 1. The molecule has 112 valence electrons. The molecule has 1 aromatic rings. The van der Waals surface area contributed by atoms with E-state index in [0.717, 1.165) is 13.1 Å². The highest BCUT2D eigenvalue weighted by Crippen LogP contribution is 2.29. The van der Waals surface area contributed by atoms with Crippen LogP contribution in [0.3, 0.4) is 0 Å². The molecular weight excluding hydrogens is 244 g/mol. The lowest BCUT2D eigenvalue weighted by atomic mass is 9.93. The van der Waals surface area contributed by atoms with E-state index in [1.807, 2.05) is 0 Å². The SMILES string of the molecule is CCCCC[C@H](c1ccc(C)cc1C)N1CCNCC1. The normalized spacial score (nSPS) is 18.1. The van der Waals surface area contributed by atoms with Crippen molar-refractivity contribution in [2.24, 2.45) is 0 Å². The maximum Gasteiger partial charge on any atom is 0.0351 e. The number of hydrogen-bond acceptors (Lipinski definition) is 2. The molecule has 2 rings (SSSR count). The average molecular weight is 274 g/mol. The van der Waals surface area contributed by atoms with Crippen LogP contribution in [0, 0.1) is 13.8 Å². The Kier molecular flexibility index (Phi) is 6.06. The summed E-state index contributed by atoms with van der Waals surface area (Å²) >= 11 is 0. The molecule has 2 heteroatoms. The van der Waals surface area contributed by atoms with Crippen LogP contribution >= 0.6 is 0 Å². The number of piperazine rings is 1. The highest BCUT2D eigenvalue weighted by Gasteiger charge is 2.22. The molecule has 1 aliphatic heterocycles. The fourth-order valence-corrected chi connectivity index (χ4v) is 3.32. The topological polar surface area (TPSA) is 15.3 Å². The van der Waals surface area contributed by atoms with Gasteiger partial charge < -0.3 is 5.32 Å². The quantitative estimate of drug-likeness (QED) is 0.793. The van der Waals surface area contributed by atoms with E-state index < -0.39 is 0 Å². The third-order valence-electron chi connectivity index (χ3n) is 4.46. The van der Waals surface area contributed by atoms with Gasteiger partial charge in [-0.3, -0.25) is 4.90 Å². The summed E-state index contributed by atoms with van der Waals surface area (Å²) in [5, 5.41) is 3.47. The van der Waals surface area contributed by atoms with Crippen molar-refractivity contribution in [2.75, 3.05) is 26.2 Å². The minimum absolute atomic E-state index is 0.615. The van der Waals surface area contributed by atoms with Crippen molar-refractivity contribution in [2.45, 2.75) is 52.5 Å². The summed E-state index contributed by atoms with van der Waals surface area (Å²) < 4.78 is 0. The van der Waals surface area contributed by atoms with Gasteiger partial charge in [0.2, 0.25) is 0 Å². The average Bonchev–Trinajstić information content (AvgIpc) is 2.46. The van der Waals surface area contributed by atoms with Crippen LogP contribution in [0.25, 0.3) is 0 Å². The molecule has 2 nitrogen and oxygen atoms in total. The van der Waals surface area contributed by atoms with Gasteiger partial charge in [-0.05, 0) is 31.4 Å². The van der Waals surface area contributed by atoms with Crippen LogP contribution < -0.4 is 5.32 Å². The van der Waals surface area contributed by atoms with E-state index in [0.29, 0.717) is 6.04 Å². The molecule has 1 aromatic carbocycles. The fourth-order valence-electron chi connectivity index (χ4n) is 3.32. The van der Waals surface area contributed by atoms with Crippen molar-refractivity contribution in [1.82, 2.24) is 10.2 Å². The van der Waals surface area contributed by atoms with E-state index in [-0.39, 0.29) is 0 Å². The van der Waals surface area contributed by atoms with Crippen molar-refractivity contribution in [3.8, 4) is 0 Å². The second kappa shape index (κ2) is 7.80. The zero-order chi connectivity index (χ0) is 14.4. The molecule has 0 saturated carbocycles. The first kappa shape index (κ1) is 15.5. The van der Waals surface area contributed by atoms with Crippen molar-refractivity contribution in [1.29, 1.82) is 0 Å². The monoisotopic (exact) mass is 274 g/mol. The predicted molar refractivity (Wildman–Crippen MR) is 87.2 cm³/mol. The Hall–Kier alpha value is -0.860. The molecule has 0 bridgehead atoms. The van der Waals surface area contributed by atoms with Crippen molar-refractivity contribution in [3.05, 3.63) is 34.9 Å². The maximum absolute atomic E-state index is 3.47. The van der Waals surface area contributed by atoms with Gasteiger partial charge in [-0.15, -0.1) is 0 Å². The Balaban J connectivity index is 2.15. The van der Waals surface area contributed by atoms with Crippen LogP contribution in [-0.2, 0) is 0 Å². The molecule has 0 spiro atoms. The van der Waals surface area contributed by atoms with Gasteiger partial charge in [-0.2, -0.15) is 0 Å². The second-order valence-corrected chi connectivity index (χ2v) is 6.16. The van der Waals surface area contributed by atoms with Gasteiger partial charge in [0.05, 0.1) is 0 Å². The molecule has 1 atom stereocenters. The lowest BCUT2D eigenvalue weighted by Gasteiger charge is -2.36. The Bertz CT molecular complexity index is 408. The highest BCUT2D eigenvalue weighted by atomic mass is 15.2. The van der Waals surface area contributed by atoms with Gasteiger partial charge in [0.25, 0.3) is 0 Å². The Labute approximate surface area is 124 Å². The number of unbranched alkanes of at least 4 members (excludes halogenated alkanes) is 2. The Morgan fingerprint density at radius 1 is 1.15 bits per heavy atom. The predicted octanol–water partition coefficient (Wildman–Crippen LogP) is 3.83. The molecule has 1 heterocycles. The van der Waals surface area contributed by atoms with Crippen LogP contribution in [0.15, 0.2) is 18.2 Å². The molecule has 0 unspecified atom stereocenters. The molecule has 0 aromatic heterocycles. The summed E-state index contributed by atoms with van der Waals surface area (Å²) in [6.45, 7) is 11.4. The summed E-state index contributed by atoms with van der Waals surface area (Å²) in [5.41, 5.74) is 4.39. The van der Waals surface area contributed by atoms with Crippen molar-refractivity contribution >= 4 is 0 Å². The lowest BCUT2D eigenvalue weighted by molar-refractivity contribution is 0.162. The largest absolute Gasteiger partial charge is 0.314 e. The minimum Gasteiger partial charge on any atom is -0.314 e. The molecular formula is C18H30N2. The molecule has 1 saturated heterocycles. The van der Waals surface area contributed by atoms with E-state index in [9.17, 15) is 0 Å². The summed E-state index contributed by atoms with van der Waals surface area (Å²) in [7, 11) is 0. The zero-order valence-electron chi connectivity index (χ0n) is 13.4. The first-order valence-electron chi connectivity index (χ1n) is 8.24. The van der Waals surface area contributed by atoms with E-state index in [2.05, 4.69) is 49.2 Å². The molecule has 0 radical (unpaired) electrons. The molecule has 1 N–H and O–H groups in total. The molecule has 0 aliphatic carbocycles. The number of aryl methyl sites for hydroxylation is 2. The molecule has 1 fully saturated rings. The van der Waals surface area contributed by atoms with Crippen LogP contribution in [0.2, 0.25) is 0 Å². The summed E-state index contributed by atoms with van der Waals surface area (Å²) in [5.74, 6) is 0. The van der Waals surface area contributed by atoms with Gasteiger partial charge in [0.15, 0.2) is 0 Å². The Morgan fingerprint density at radius 2 is 1.90 bits per heavy atom. The Morgan fingerprint density at radius 3 is 2.55 bits per heavy atom. The summed E-state index contributed by atoms with van der Waals surface area (Å²) in [6, 6.07) is 7.59. The number of benzene rings is 1. The lowest BCUT2D eigenvalue weighted by Crippen LogP contribution is -2.45. The summed E-state index contributed by atoms with van der Waals surface area (Å²) in [4.78, 5) is 2.68. The van der Waals surface area contributed by atoms with Crippen LogP contribution in [-0.4, -0.2) is 31.1 Å². The minimum atomic E-state index is 0.615. The fraction of sp³-hybridized carbons (Fsp3) is 0.667.